The number of hydrogen-bond donors (Lipinski definition) is 2. The monoisotopic (exact) mass is 620 g/mol. The molecule has 1 atom stereocenters. The molecule has 2 N–H and O–H groups in total. The summed E-state index contributed by atoms with van der Waals surface area (Å²) in [4.78, 5) is 41.3. The summed E-state index contributed by atoms with van der Waals surface area (Å²) in [5.74, 6) is -1.92. The van der Waals surface area contributed by atoms with E-state index in [4.69, 9.17) is 16.3 Å². The molecule has 4 rings (SSSR count). The first-order valence-electron chi connectivity index (χ1n) is 12.9. The molecule has 1 aromatic carbocycles. The van der Waals surface area contributed by atoms with Gasteiger partial charge in [0.15, 0.2) is 5.75 Å². The van der Waals surface area contributed by atoms with Gasteiger partial charge in [0.2, 0.25) is 5.91 Å². The van der Waals surface area contributed by atoms with Crippen LogP contribution in [0.3, 0.4) is 0 Å². The second kappa shape index (κ2) is 14.3. The predicted octanol–water partition coefficient (Wildman–Crippen LogP) is 4.47. The maximum Gasteiger partial charge on any atom is 0.387 e. The summed E-state index contributed by atoms with van der Waals surface area (Å²) in [7, 11) is 0. The van der Waals surface area contributed by atoms with Crippen LogP contribution in [0.4, 0.5) is 28.9 Å². The van der Waals surface area contributed by atoms with E-state index in [2.05, 4.69) is 15.4 Å². The third-order valence-electron chi connectivity index (χ3n) is 6.81. The second-order valence-electron chi connectivity index (χ2n) is 9.62. The molecule has 2 fully saturated rings. The van der Waals surface area contributed by atoms with E-state index in [0.29, 0.717) is 4.34 Å². The van der Waals surface area contributed by atoms with Crippen molar-refractivity contribution in [2.75, 3.05) is 49.6 Å². The number of morpholine rings is 1. The van der Waals surface area contributed by atoms with Crippen LogP contribution in [0.25, 0.3) is 0 Å². The highest BCUT2D eigenvalue weighted by Crippen LogP contribution is 2.34. The van der Waals surface area contributed by atoms with Crippen molar-refractivity contribution in [3.8, 4) is 5.75 Å². The molecule has 1 saturated carbocycles. The van der Waals surface area contributed by atoms with Crippen LogP contribution in [0.15, 0.2) is 30.3 Å². The smallest absolute Gasteiger partial charge is 0.387 e. The molecule has 1 saturated heterocycles. The van der Waals surface area contributed by atoms with Crippen LogP contribution in [0.5, 0.6) is 5.75 Å². The van der Waals surface area contributed by atoms with Gasteiger partial charge in [-0.25, -0.2) is 8.78 Å². The molecule has 0 unspecified atom stereocenters. The molecule has 9 nitrogen and oxygen atoms in total. The lowest BCUT2D eigenvalue weighted by molar-refractivity contribution is -0.126. The Kier molecular flexibility index (Phi) is 10.8. The number of amides is 3. The van der Waals surface area contributed by atoms with Gasteiger partial charge in [-0.2, -0.15) is 8.78 Å². The number of hydrogen-bond acceptors (Lipinski definition) is 7. The van der Waals surface area contributed by atoms with Crippen LogP contribution in [0, 0.1) is 5.92 Å². The predicted molar refractivity (Wildman–Crippen MR) is 145 cm³/mol. The molecular formula is C26H29ClF4N4O5S. The van der Waals surface area contributed by atoms with Gasteiger partial charge in [-0.1, -0.05) is 18.0 Å². The zero-order chi connectivity index (χ0) is 29.5. The number of carbonyl (C=O) groups is 3. The maximum atomic E-state index is 13.6. The minimum Gasteiger partial charge on any atom is -0.433 e. The molecule has 3 amide bonds. The Labute approximate surface area is 242 Å². The fourth-order valence-corrected chi connectivity index (χ4v) is 5.58. The normalized spacial score (nSPS) is 16.7. The van der Waals surface area contributed by atoms with Gasteiger partial charge in [0, 0.05) is 31.4 Å². The van der Waals surface area contributed by atoms with Crippen LogP contribution in [-0.4, -0.2) is 81.1 Å². The van der Waals surface area contributed by atoms with E-state index in [1.165, 1.54) is 34.1 Å². The van der Waals surface area contributed by atoms with Crippen molar-refractivity contribution in [1.82, 2.24) is 10.2 Å². The number of thiophene rings is 1. The Morgan fingerprint density at radius 3 is 2.59 bits per heavy atom. The minimum absolute atomic E-state index is 0.0390. The molecule has 1 aliphatic carbocycles. The molecule has 1 aromatic heterocycles. The lowest BCUT2D eigenvalue weighted by atomic mass is 9.85. The second-order valence-corrected chi connectivity index (χ2v) is 11.3. The Morgan fingerprint density at radius 1 is 1.20 bits per heavy atom. The van der Waals surface area contributed by atoms with E-state index >= 15 is 0 Å². The van der Waals surface area contributed by atoms with Crippen molar-refractivity contribution in [3.05, 3.63) is 39.5 Å². The average Bonchev–Trinajstić information content (AvgIpc) is 3.32. The number of halogens is 5. The van der Waals surface area contributed by atoms with E-state index in [-0.39, 0.29) is 60.8 Å². The SMILES string of the molecule is O=C(NC[C@@H](C(=O)Nc1ccc(N2CCOCC2=O)c(OC(F)F)c1)N(CC(F)F)CC1CCC1)c1ccc(Cl)s1. The highest BCUT2D eigenvalue weighted by Gasteiger charge is 2.33. The van der Waals surface area contributed by atoms with Gasteiger partial charge in [-0.05, 0) is 43.0 Å². The number of nitrogens with one attached hydrogen (secondary N) is 2. The summed E-state index contributed by atoms with van der Waals surface area (Å²) in [6.07, 6.45) is -0.104. The first kappa shape index (κ1) is 31.0. The maximum absolute atomic E-state index is 13.6. The fraction of sp³-hybridized carbons (Fsp3) is 0.500. The largest absolute Gasteiger partial charge is 0.433 e. The number of alkyl halides is 4. The molecule has 2 aliphatic rings. The molecular weight excluding hydrogens is 592 g/mol. The number of rotatable bonds is 13. The van der Waals surface area contributed by atoms with Gasteiger partial charge in [0.05, 0.1) is 28.1 Å². The Hall–Kier alpha value is -2.94. The highest BCUT2D eigenvalue weighted by molar-refractivity contribution is 7.18. The molecule has 15 heteroatoms. The van der Waals surface area contributed by atoms with Crippen LogP contribution < -0.4 is 20.3 Å². The van der Waals surface area contributed by atoms with Gasteiger partial charge in [0.25, 0.3) is 18.2 Å². The van der Waals surface area contributed by atoms with E-state index in [9.17, 15) is 31.9 Å². The summed E-state index contributed by atoms with van der Waals surface area (Å²) in [6, 6.07) is 5.71. The molecule has 0 bridgehead atoms. The minimum atomic E-state index is -3.21. The topological polar surface area (TPSA) is 100 Å². The Bertz CT molecular complexity index is 1230. The van der Waals surface area contributed by atoms with Crippen molar-refractivity contribution in [1.29, 1.82) is 0 Å². The van der Waals surface area contributed by atoms with Crippen molar-refractivity contribution in [2.45, 2.75) is 38.3 Å². The number of nitrogens with zero attached hydrogens (tertiary/aromatic N) is 2. The first-order chi connectivity index (χ1) is 19.6. The van der Waals surface area contributed by atoms with Crippen LogP contribution in [0.1, 0.15) is 28.9 Å². The van der Waals surface area contributed by atoms with E-state index < -0.39 is 43.3 Å². The summed E-state index contributed by atoms with van der Waals surface area (Å²) in [5, 5.41) is 5.20. The number of anilines is 2. The summed E-state index contributed by atoms with van der Waals surface area (Å²) < 4.78 is 63.8. The molecule has 41 heavy (non-hydrogen) atoms. The van der Waals surface area contributed by atoms with Crippen LogP contribution in [0.2, 0.25) is 4.34 Å². The quantitative estimate of drug-likeness (QED) is 0.321. The number of ether oxygens (including phenoxy) is 2. The summed E-state index contributed by atoms with van der Waals surface area (Å²) in [6.45, 7) is -3.89. The van der Waals surface area contributed by atoms with E-state index in [1.54, 1.807) is 0 Å². The van der Waals surface area contributed by atoms with Crippen molar-refractivity contribution in [2.24, 2.45) is 5.92 Å². The zero-order valence-corrected chi connectivity index (χ0v) is 23.4. The van der Waals surface area contributed by atoms with Gasteiger partial charge in [-0.3, -0.25) is 19.3 Å². The summed E-state index contributed by atoms with van der Waals surface area (Å²) in [5.41, 5.74) is 0.108. The third kappa shape index (κ3) is 8.53. The molecule has 0 radical (unpaired) electrons. The van der Waals surface area contributed by atoms with Crippen molar-refractivity contribution < 1.29 is 41.4 Å². The fourth-order valence-electron chi connectivity index (χ4n) is 4.62. The molecule has 2 aromatic rings. The number of carbonyl (C=O) groups excluding carboxylic acids is 3. The zero-order valence-electron chi connectivity index (χ0n) is 21.8. The first-order valence-corrected chi connectivity index (χ1v) is 14.1. The van der Waals surface area contributed by atoms with E-state index in [0.717, 1.165) is 36.7 Å². The molecule has 1 aliphatic heterocycles. The van der Waals surface area contributed by atoms with Crippen LogP contribution >= 0.6 is 22.9 Å². The van der Waals surface area contributed by atoms with Gasteiger partial charge in [0.1, 0.15) is 12.6 Å². The highest BCUT2D eigenvalue weighted by atomic mass is 35.5. The average molecular weight is 621 g/mol. The number of benzene rings is 1. The Balaban J connectivity index is 1.56. The molecule has 2 heterocycles. The standard InChI is InChI=1S/C26H29ClF4N4O5S/c27-21-7-6-20(41-21)25(38)32-11-18(34(13-22(28)29)12-15-2-1-3-15)24(37)33-16-4-5-17(19(10-16)40-26(30)31)35-8-9-39-14-23(35)36/h4-7,10,15,18,22,26H,1-3,8-9,11-14H2,(H,32,38)(H,33,37)/t18-/m0/s1. The Morgan fingerprint density at radius 2 is 1.98 bits per heavy atom. The van der Waals surface area contributed by atoms with Gasteiger partial charge >= 0.3 is 6.61 Å². The van der Waals surface area contributed by atoms with Gasteiger partial charge in [-0.15, -0.1) is 11.3 Å². The summed E-state index contributed by atoms with van der Waals surface area (Å²) >= 11 is 6.93. The van der Waals surface area contributed by atoms with Gasteiger partial charge < -0.3 is 25.0 Å². The lowest BCUT2D eigenvalue weighted by Gasteiger charge is -2.36. The molecule has 224 valence electrons. The lowest BCUT2D eigenvalue weighted by Crippen LogP contribution is -2.53. The molecule has 0 spiro atoms. The van der Waals surface area contributed by atoms with Crippen molar-refractivity contribution in [3.63, 3.8) is 0 Å². The van der Waals surface area contributed by atoms with E-state index in [1.807, 2.05) is 0 Å². The van der Waals surface area contributed by atoms with Crippen molar-refractivity contribution >= 4 is 52.0 Å². The van der Waals surface area contributed by atoms with Crippen LogP contribution in [-0.2, 0) is 14.3 Å². The third-order valence-corrected chi connectivity index (χ3v) is 8.04.